The molecule has 0 unspecified atom stereocenters. The predicted octanol–water partition coefficient (Wildman–Crippen LogP) is 1.05. The number of hydrogen-bond acceptors (Lipinski definition) is 5. The van der Waals surface area contributed by atoms with Crippen LogP contribution in [0.5, 0.6) is 0 Å². The molecule has 0 radical (unpaired) electrons. The largest absolute Gasteiger partial charge is 0.352 e. The molecular formula is C14H18N2O4S2. The third-order valence-corrected chi connectivity index (χ3v) is 4.82. The zero-order chi connectivity index (χ0) is 16.6. The number of nitrogens with one attached hydrogen (secondary N) is 2. The summed E-state index contributed by atoms with van der Waals surface area (Å²) in [6.07, 6.45) is 1.64. The van der Waals surface area contributed by atoms with E-state index >= 15 is 0 Å². The fourth-order valence-corrected chi connectivity index (χ4v) is 3.10. The molecule has 2 amide bonds. The number of amides is 2. The molecular weight excluding hydrogens is 324 g/mol. The molecule has 0 fully saturated rings. The van der Waals surface area contributed by atoms with Gasteiger partial charge in [0.25, 0.3) is 10.0 Å². The molecule has 120 valence electrons. The molecule has 0 atom stereocenters. The van der Waals surface area contributed by atoms with Crippen molar-refractivity contribution in [3.63, 3.8) is 0 Å². The Bertz CT molecular complexity index is 639. The molecule has 0 saturated heterocycles. The molecule has 22 heavy (non-hydrogen) atoms. The highest BCUT2D eigenvalue weighted by molar-refractivity contribution is 8.00. The van der Waals surface area contributed by atoms with Crippen LogP contribution in [0.25, 0.3) is 0 Å². The summed E-state index contributed by atoms with van der Waals surface area (Å²) in [4.78, 5) is 22.4. The molecule has 0 aliphatic heterocycles. The molecule has 8 heteroatoms. The first-order chi connectivity index (χ1) is 10.3. The summed E-state index contributed by atoms with van der Waals surface area (Å²) in [5.41, 5.74) is 0.766. The van der Waals surface area contributed by atoms with Gasteiger partial charge in [-0.3, -0.25) is 9.59 Å². The highest BCUT2D eigenvalue weighted by Crippen LogP contribution is 2.11. The summed E-state index contributed by atoms with van der Waals surface area (Å²) in [6, 6.07) is 5.95. The first-order valence-electron chi connectivity index (χ1n) is 6.43. The summed E-state index contributed by atoms with van der Waals surface area (Å²) < 4.78 is 26.1. The van der Waals surface area contributed by atoms with Gasteiger partial charge in [-0.15, -0.1) is 18.3 Å². The van der Waals surface area contributed by atoms with E-state index in [1.54, 1.807) is 18.2 Å². The van der Waals surface area contributed by atoms with E-state index in [0.29, 0.717) is 12.3 Å². The maximum absolute atomic E-state index is 12.0. The molecule has 2 N–H and O–H groups in total. The molecule has 6 nitrogen and oxygen atoms in total. The van der Waals surface area contributed by atoms with E-state index in [4.69, 9.17) is 0 Å². The van der Waals surface area contributed by atoms with E-state index in [2.05, 4.69) is 11.9 Å². The predicted molar refractivity (Wildman–Crippen MR) is 86.8 cm³/mol. The van der Waals surface area contributed by atoms with E-state index in [1.165, 1.54) is 30.8 Å². The topological polar surface area (TPSA) is 92.3 Å². The fourth-order valence-electron chi connectivity index (χ4n) is 1.49. The second-order valence-corrected chi connectivity index (χ2v) is 7.10. The van der Waals surface area contributed by atoms with Gasteiger partial charge >= 0.3 is 0 Å². The molecule has 0 saturated carbocycles. The Morgan fingerprint density at radius 2 is 1.91 bits per heavy atom. The Balaban J connectivity index is 2.66. The first-order valence-corrected chi connectivity index (χ1v) is 9.06. The van der Waals surface area contributed by atoms with E-state index in [9.17, 15) is 18.0 Å². The normalized spacial score (nSPS) is 10.8. The van der Waals surface area contributed by atoms with Crippen LogP contribution in [-0.2, 0) is 26.2 Å². The van der Waals surface area contributed by atoms with Crippen molar-refractivity contribution in [1.29, 1.82) is 0 Å². The number of sulfonamides is 1. The maximum Gasteiger partial charge on any atom is 0.264 e. The average Bonchev–Trinajstić information content (AvgIpc) is 2.45. The van der Waals surface area contributed by atoms with Gasteiger partial charge in [0.15, 0.2) is 0 Å². The van der Waals surface area contributed by atoms with Gasteiger partial charge in [-0.25, -0.2) is 13.1 Å². The highest BCUT2D eigenvalue weighted by atomic mass is 32.2. The minimum atomic E-state index is -3.87. The van der Waals surface area contributed by atoms with Gasteiger partial charge in [0.1, 0.15) is 0 Å². The fraction of sp³-hybridized carbons (Fsp3) is 0.286. The summed E-state index contributed by atoms with van der Waals surface area (Å²) in [7, 11) is -3.87. The van der Waals surface area contributed by atoms with Gasteiger partial charge in [0, 0.05) is 19.2 Å². The van der Waals surface area contributed by atoms with E-state index in [-0.39, 0.29) is 16.6 Å². The van der Waals surface area contributed by atoms with Crippen LogP contribution in [0.15, 0.2) is 41.8 Å². The molecule has 1 rings (SSSR count). The highest BCUT2D eigenvalue weighted by Gasteiger charge is 2.17. The van der Waals surface area contributed by atoms with Crippen LogP contribution < -0.4 is 10.0 Å². The van der Waals surface area contributed by atoms with Crippen LogP contribution in [0.4, 0.5) is 0 Å². The van der Waals surface area contributed by atoms with Crippen LogP contribution in [0.3, 0.4) is 0 Å². The van der Waals surface area contributed by atoms with Gasteiger partial charge in [-0.1, -0.05) is 18.2 Å². The van der Waals surface area contributed by atoms with Gasteiger partial charge in [0.05, 0.1) is 10.6 Å². The molecule has 0 spiro atoms. The molecule has 0 bridgehead atoms. The number of thioether (sulfide) groups is 1. The lowest BCUT2D eigenvalue weighted by atomic mass is 10.2. The lowest BCUT2D eigenvalue weighted by molar-refractivity contribution is -0.119. The second kappa shape index (κ2) is 8.60. The van der Waals surface area contributed by atoms with Crippen molar-refractivity contribution in [2.45, 2.75) is 18.4 Å². The van der Waals surface area contributed by atoms with Crippen LogP contribution in [0.1, 0.15) is 12.5 Å². The summed E-state index contributed by atoms with van der Waals surface area (Å²) in [5, 5.41) is 2.61. The van der Waals surface area contributed by atoms with Crippen LogP contribution in [0.2, 0.25) is 0 Å². The van der Waals surface area contributed by atoms with Crippen molar-refractivity contribution in [2.24, 2.45) is 0 Å². The van der Waals surface area contributed by atoms with Crippen LogP contribution >= 0.6 is 11.8 Å². The summed E-state index contributed by atoms with van der Waals surface area (Å²) in [6.45, 7) is 5.24. The van der Waals surface area contributed by atoms with Crippen molar-refractivity contribution < 1.29 is 18.0 Å². The summed E-state index contributed by atoms with van der Waals surface area (Å²) >= 11 is 1.27. The monoisotopic (exact) mass is 342 g/mol. The minimum absolute atomic E-state index is 0.00106. The molecule has 1 aromatic carbocycles. The Kier molecular flexibility index (Phi) is 7.13. The third-order valence-electron chi connectivity index (χ3n) is 2.49. The zero-order valence-corrected chi connectivity index (χ0v) is 13.8. The van der Waals surface area contributed by atoms with Gasteiger partial charge in [0.2, 0.25) is 11.8 Å². The summed E-state index contributed by atoms with van der Waals surface area (Å²) in [5.74, 6) is -0.118. The van der Waals surface area contributed by atoms with Gasteiger partial charge in [-0.2, -0.15) is 0 Å². The second-order valence-electron chi connectivity index (χ2n) is 4.39. The molecule has 0 aliphatic rings. The van der Waals surface area contributed by atoms with Crippen molar-refractivity contribution in [3.8, 4) is 0 Å². The van der Waals surface area contributed by atoms with Gasteiger partial charge in [-0.05, 0) is 17.7 Å². The van der Waals surface area contributed by atoms with Crippen molar-refractivity contribution >= 4 is 33.6 Å². The zero-order valence-electron chi connectivity index (χ0n) is 12.2. The smallest absolute Gasteiger partial charge is 0.264 e. The lowest BCUT2D eigenvalue weighted by Crippen LogP contribution is -2.32. The van der Waals surface area contributed by atoms with Crippen LogP contribution in [-0.4, -0.2) is 31.7 Å². The number of rotatable bonds is 8. The van der Waals surface area contributed by atoms with Crippen molar-refractivity contribution in [2.75, 3.05) is 11.5 Å². The Morgan fingerprint density at radius 1 is 1.27 bits per heavy atom. The maximum atomic E-state index is 12.0. The van der Waals surface area contributed by atoms with Crippen molar-refractivity contribution in [3.05, 3.63) is 42.5 Å². The Labute approximate surface area is 134 Å². The van der Waals surface area contributed by atoms with Gasteiger partial charge < -0.3 is 5.32 Å². The molecule has 0 heterocycles. The van der Waals surface area contributed by atoms with Crippen molar-refractivity contribution in [1.82, 2.24) is 10.0 Å². The Hall–Kier alpha value is -1.80. The third kappa shape index (κ3) is 6.31. The SMILES string of the molecule is C=CCSCC(=O)NS(=O)(=O)c1ccc(CNC(C)=O)cc1. The quantitative estimate of drug-likeness (QED) is 0.544. The molecule has 0 aliphatic carbocycles. The number of carbonyl (C=O) groups is 2. The number of benzene rings is 1. The average molecular weight is 342 g/mol. The first kappa shape index (κ1) is 18.2. The molecule has 0 aromatic heterocycles. The lowest BCUT2D eigenvalue weighted by Gasteiger charge is -2.08. The van der Waals surface area contributed by atoms with E-state index in [0.717, 1.165) is 5.56 Å². The van der Waals surface area contributed by atoms with Crippen LogP contribution in [0, 0.1) is 0 Å². The number of hydrogen-bond donors (Lipinski definition) is 2. The minimum Gasteiger partial charge on any atom is -0.352 e. The number of carbonyl (C=O) groups excluding carboxylic acids is 2. The van der Waals surface area contributed by atoms with E-state index < -0.39 is 15.9 Å². The van der Waals surface area contributed by atoms with E-state index in [1.807, 2.05) is 4.72 Å². The Morgan fingerprint density at radius 3 is 2.45 bits per heavy atom. The standard InChI is InChI=1S/C14H18N2O4S2/c1-3-8-21-10-14(18)16-22(19,20)13-6-4-12(5-7-13)9-15-11(2)17/h3-7H,1,8-10H2,2H3,(H,15,17)(H,16,18). The molecule has 1 aromatic rings.